The van der Waals surface area contributed by atoms with E-state index in [0.717, 1.165) is 0 Å². The minimum atomic E-state index is 0.619. The molecule has 2 rings (SSSR count). The van der Waals surface area contributed by atoms with E-state index in [0.29, 0.717) is 6.04 Å². The third-order valence-corrected chi connectivity index (χ3v) is 4.29. The Balaban J connectivity index is 1.74. The molecule has 21 heavy (non-hydrogen) atoms. The SMILES string of the molecule is CNC(CCCc1ccccc1)CCc1ccccc1C. The summed E-state index contributed by atoms with van der Waals surface area (Å²) in [5.41, 5.74) is 4.35. The summed E-state index contributed by atoms with van der Waals surface area (Å²) < 4.78 is 0. The first-order valence-corrected chi connectivity index (χ1v) is 8.05. The highest BCUT2D eigenvalue weighted by Gasteiger charge is 2.07. The maximum absolute atomic E-state index is 3.48. The molecule has 0 aromatic heterocycles. The van der Waals surface area contributed by atoms with Crippen molar-refractivity contribution >= 4 is 0 Å². The average Bonchev–Trinajstić information content (AvgIpc) is 2.53. The normalized spacial score (nSPS) is 12.3. The fraction of sp³-hybridized carbons (Fsp3) is 0.400. The number of rotatable bonds is 8. The predicted molar refractivity (Wildman–Crippen MR) is 91.7 cm³/mol. The van der Waals surface area contributed by atoms with Crippen molar-refractivity contribution in [2.75, 3.05) is 7.05 Å². The van der Waals surface area contributed by atoms with E-state index in [1.54, 1.807) is 0 Å². The standard InChI is InChI=1S/C20H27N/c1-17-9-6-7-13-19(17)15-16-20(21-2)14-8-12-18-10-4-3-5-11-18/h3-7,9-11,13,20-21H,8,12,14-16H2,1-2H3. The van der Waals surface area contributed by atoms with Crippen molar-refractivity contribution in [3.63, 3.8) is 0 Å². The molecule has 2 aromatic carbocycles. The van der Waals surface area contributed by atoms with E-state index in [4.69, 9.17) is 0 Å². The van der Waals surface area contributed by atoms with Crippen molar-refractivity contribution in [2.24, 2.45) is 0 Å². The Kier molecular flexibility index (Phi) is 6.49. The maximum Gasteiger partial charge on any atom is 0.00673 e. The van der Waals surface area contributed by atoms with Gasteiger partial charge in [0.25, 0.3) is 0 Å². The summed E-state index contributed by atoms with van der Waals surface area (Å²) in [7, 11) is 2.09. The topological polar surface area (TPSA) is 12.0 Å². The van der Waals surface area contributed by atoms with Gasteiger partial charge in [-0.1, -0.05) is 54.6 Å². The van der Waals surface area contributed by atoms with E-state index in [1.165, 1.54) is 48.8 Å². The first-order chi connectivity index (χ1) is 10.3. The minimum Gasteiger partial charge on any atom is -0.317 e. The van der Waals surface area contributed by atoms with E-state index < -0.39 is 0 Å². The molecule has 112 valence electrons. The molecule has 0 spiro atoms. The zero-order valence-corrected chi connectivity index (χ0v) is 13.3. The lowest BCUT2D eigenvalue weighted by molar-refractivity contribution is 0.474. The van der Waals surface area contributed by atoms with E-state index in [2.05, 4.69) is 73.9 Å². The Labute approximate surface area is 129 Å². The minimum absolute atomic E-state index is 0.619. The van der Waals surface area contributed by atoms with Crippen molar-refractivity contribution in [1.29, 1.82) is 0 Å². The van der Waals surface area contributed by atoms with Crippen molar-refractivity contribution in [3.05, 3.63) is 71.3 Å². The Morgan fingerprint density at radius 1 is 0.857 bits per heavy atom. The van der Waals surface area contributed by atoms with Crippen LogP contribution in [0.5, 0.6) is 0 Å². The Morgan fingerprint density at radius 2 is 1.57 bits per heavy atom. The molecule has 1 atom stereocenters. The smallest absolute Gasteiger partial charge is 0.00673 e. The van der Waals surface area contributed by atoms with Crippen LogP contribution in [0.15, 0.2) is 54.6 Å². The first kappa shape index (κ1) is 15.8. The molecule has 0 fully saturated rings. The van der Waals surface area contributed by atoms with Crippen LogP contribution in [0.2, 0.25) is 0 Å². The largest absolute Gasteiger partial charge is 0.317 e. The lowest BCUT2D eigenvalue weighted by Crippen LogP contribution is -2.25. The van der Waals surface area contributed by atoms with Gasteiger partial charge in [0.2, 0.25) is 0 Å². The third-order valence-electron chi connectivity index (χ3n) is 4.29. The lowest BCUT2D eigenvalue weighted by atomic mass is 9.97. The van der Waals surface area contributed by atoms with Crippen molar-refractivity contribution in [1.82, 2.24) is 5.32 Å². The molecule has 0 aliphatic rings. The van der Waals surface area contributed by atoms with E-state index in [1.807, 2.05) is 0 Å². The van der Waals surface area contributed by atoms with Gasteiger partial charge in [0.05, 0.1) is 0 Å². The highest BCUT2D eigenvalue weighted by atomic mass is 14.9. The predicted octanol–water partition coefficient (Wildman–Crippen LogP) is 4.54. The van der Waals surface area contributed by atoms with Gasteiger partial charge in [-0.3, -0.25) is 0 Å². The van der Waals surface area contributed by atoms with Gasteiger partial charge in [-0.05, 0) is 62.8 Å². The van der Waals surface area contributed by atoms with Gasteiger partial charge in [0.15, 0.2) is 0 Å². The number of hydrogen-bond acceptors (Lipinski definition) is 1. The molecule has 0 bridgehead atoms. The fourth-order valence-corrected chi connectivity index (χ4v) is 2.85. The molecule has 1 unspecified atom stereocenters. The van der Waals surface area contributed by atoms with Crippen molar-refractivity contribution in [3.8, 4) is 0 Å². The molecule has 0 radical (unpaired) electrons. The molecule has 1 N–H and O–H groups in total. The number of benzene rings is 2. The van der Waals surface area contributed by atoms with Crippen molar-refractivity contribution < 1.29 is 0 Å². The second-order valence-electron chi connectivity index (χ2n) is 5.83. The number of hydrogen-bond donors (Lipinski definition) is 1. The molecule has 0 heterocycles. The Hall–Kier alpha value is -1.60. The number of nitrogens with one attached hydrogen (secondary N) is 1. The molecular weight excluding hydrogens is 254 g/mol. The van der Waals surface area contributed by atoms with Crippen LogP contribution in [0.1, 0.15) is 36.0 Å². The van der Waals surface area contributed by atoms with Gasteiger partial charge in [-0.15, -0.1) is 0 Å². The molecule has 0 saturated heterocycles. The summed E-state index contributed by atoms with van der Waals surface area (Å²) in [5.74, 6) is 0. The molecule has 0 aliphatic carbocycles. The van der Waals surface area contributed by atoms with Crippen LogP contribution in [-0.2, 0) is 12.8 Å². The Morgan fingerprint density at radius 3 is 2.29 bits per heavy atom. The van der Waals surface area contributed by atoms with Crippen LogP contribution in [0.3, 0.4) is 0 Å². The molecule has 2 aromatic rings. The summed E-state index contributed by atoms with van der Waals surface area (Å²) in [4.78, 5) is 0. The van der Waals surface area contributed by atoms with Gasteiger partial charge >= 0.3 is 0 Å². The van der Waals surface area contributed by atoms with Crippen LogP contribution in [0.4, 0.5) is 0 Å². The average molecular weight is 281 g/mol. The van der Waals surface area contributed by atoms with Gasteiger partial charge < -0.3 is 5.32 Å². The maximum atomic E-state index is 3.48. The molecule has 0 amide bonds. The van der Waals surface area contributed by atoms with Gasteiger partial charge in [-0.2, -0.15) is 0 Å². The van der Waals surface area contributed by atoms with Crippen LogP contribution in [0, 0.1) is 6.92 Å². The summed E-state index contributed by atoms with van der Waals surface area (Å²) in [6.45, 7) is 2.21. The van der Waals surface area contributed by atoms with Crippen LogP contribution in [-0.4, -0.2) is 13.1 Å². The fourth-order valence-electron chi connectivity index (χ4n) is 2.85. The Bertz CT molecular complexity index is 518. The van der Waals surface area contributed by atoms with Crippen molar-refractivity contribution in [2.45, 2.75) is 45.1 Å². The second-order valence-corrected chi connectivity index (χ2v) is 5.83. The summed E-state index contributed by atoms with van der Waals surface area (Å²) in [6.07, 6.45) is 6.07. The van der Waals surface area contributed by atoms with Crippen LogP contribution < -0.4 is 5.32 Å². The third kappa shape index (κ3) is 5.35. The molecule has 1 heteroatoms. The van der Waals surface area contributed by atoms with Gasteiger partial charge in [0.1, 0.15) is 0 Å². The van der Waals surface area contributed by atoms with E-state index in [-0.39, 0.29) is 0 Å². The van der Waals surface area contributed by atoms with Crippen LogP contribution in [0.25, 0.3) is 0 Å². The molecule has 1 nitrogen and oxygen atoms in total. The van der Waals surface area contributed by atoms with Gasteiger partial charge in [0, 0.05) is 6.04 Å². The number of aryl methyl sites for hydroxylation is 3. The van der Waals surface area contributed by atoms with Crippen LogP contribution >= 0.6 is 0 Å². The first-order valence-electron chi connectivity index (χ1n) is 8.05. The second kappa shape index (κ2) is 8.63. The van der Waals surface area contributed by atoms with E-state index >= 15 is 0 Å². The monoisotopic (exact) mass is 281 g/mol. The lowest BCUT2D eigenvalue weighted by Gasteiger charge is -2.16. The molecule has 0 aliphatic heterocycles. The summed E-state index contributed by atoms with van der Waals surface area (Å²) in [6, 6.07) is 20.1. The van der Waals surface area contributed by atoms with Gasteiger partial charge in [-0.25, -0.2) is 0 Å². The quantitative estimate of drug-likeness (QED) is 0.749. The zero-order valence-electron chi connectivity index (χ0n) is 13.3. The summed E-state index contributed by atoms with van der Waals surface area (Å²) in [5, 5.41) is 3.48. The highest BCUT2D eigenvalue weighted by molar-refractivity contribution is 5.25. The zero-order chi connectivity index (χ0) is 14.9. The highest BCUT2D eigenvalue weighted by Crippen LogP contribution is 2.14. The van der Waals surface area contributed by atoms with E-state index in [9.17, 15) is 0 Å². The molecular formula is C20H27N. The molecule has 0 saturated carbocycles. The summed E-state index contributed by atoms with van der Waals surface area (Å²) >= 11 is 0.